The largest absolute Gasteiger partial charge is 0.301 e. The molecule has 1 aromatic heterocycles. The van der Waals surface area contributed by atoms with E-state index in [4.69, 9.17) is 0 Å². The molecule has 21 heavy (non-hydrogen) atoms. The molecule has 1 N–H and O–H groups in total. The van der Waals surface area contributed by atoms with Crippen molar-refractivity contribution in [3.63, 3.8) is 0 Å². The third-order valence-electron chi connectivity index (χ3n) is 4.50. The number of nitrogens with one attached hydrogen (secondary N) is 1. The number of pyridine rings is 1. The first-order valence-corrected chi connectivity index (χ1v) is 7.63. The van der Waals surface area contributed by atoms with Crippen LogP contribution in [0.4, 0.5) is 4.39 Å². The standard InChI is InChI=1S/C18H21FN2/c1-14(15-11-17(19)13-20-12-15)21-18(9-5-6-10-18)16-7-3-2-4-8-16/h2-4,7-8,11-14,21H,5-6,9-10H2,1H3. The molecule has 1 aliphatic carbocycles. The van der Waals surface area contributed by atoms with Gasteiger partial charge in [0.2, 0.25) is 0 Å². The highest BCUT2D eigenvalue weighted by atomic mass is 19.1. The van der Waals surface area contributed by atoms with E-state index in [9.17, 15) is 4.39 Å². The molecule has 3 rings (SSSR count). The molecule has 0 aliphatic heterocycles. The third kappa shape index (κ3) is 2.98. The van der Waals surface area contributed by atoms with Crippen molar-refractivity contribution in [2.45, 2.75) is 44.2 Å². The molecule has 0 radical (unpaired) electrons. The zero-order chi connectivity index (χ0) is 14.7. The van der Waals surface area contributed by atoms with Crippen molar-refractivity contribution in [2.24, 2.45) is 0 Å². The second-order valence-electron chi connectivity index (χ2n) is 5.96. The Bertz CT molecular complexity index is 591. The quantitative estimate of drug-likeness (QED) is 0.903. The van der Waals surface area contributed by atoms with E-state index in [0.29, 0.717) is 0 Å². The molecule has 0 spiro atoms. The van der Waals surface area contributed by atoms with E-state index in [2.05, 4.69) is 41.5 Å². The van der Waals surface area contributed by atoms with E-state index in [1.54, 1.807) is 12.3 Å². The molecule has 1 aliphatic rings. The molecule has 2 aromatic rings. The van der Waals surface area contributed by atoms with Gasteiger partial charge in [0.15, 0.2) is 0 Å². The van der Waals surface area contributed by atoms with Crippen LogP contribution in [0.1, 0.15) is 49.8 Å². The van der Waals surface area contributed by atoms with Crippen molar-refractivity contribution in [2.75, 3.05) is 0 Å². The Labute approximate surface area is 125 Å². The summed E-state index contributed by atoms with van der Waals surface area (Å²) in [5, 5.41) is 3.75. The van der Waals surface area contributed by atoms with E-state index in [1.807, 2.05) is 6.07 Å². The minimum Gasteiger partial charge on any atom is -0.301 e. The lowest BCUT2D eigenvalue weighted by Crippen LogP contribution is -2.41. The van der Waals surface area contributed by atoms with Gasteiger partial charge in [-0.1, -0.05) is 43.2 Å². The van der Waals surface area contributed by atoms with Crippen molar-refractivity contribution in [3.8, 4) is 0 Å². The molecular formula is C18H21FN2. The molecule has 2 nitrogen and oxygen atoms in total. The van der Waals surface area contributed by atoms with Crippen LogP contribution in [0.5, 0.6) is 0 Å². The summed E-state index contributed by atoms with van der Waals surface area (Å²) < 4.78 is 13.4. The normalized spacial score (nSPS) is 18.6. The van der Waals surface area contributed by atoms with Crippen LogP contribution in [0.3, 0.4) is 0 Å². The molecular weight excluding hydrogens is 263 g/mol. The van der Waals surface area contributed by atoms with Gasteiger partial charge in [-0.2, -0.15) is 0 Å². The Morgan fingerprint density at radius 3 is 2.52 bits per heavy atom. The van der Waals surface area contributed by atoms with Gasteiger partial charge in [-0.05, 0) is 37.0 Å². The van der Waals surface area contributed by atoms with Crippen LogP contribution in [0.2, 0.25) is 0 Å². The number of halogens is 1. The van der Waals surface area contributed by atoms with Crippen molar-refractivity contribution in [1.29, 1.82) is 0 Å². The second-order valence-corrected chi connectivity index (χ2v) is 5.96. The molecule has 1 unspecified atom stereocenters. The number of hydrogen-bond acceptors (Lipinski definition) is 2. The topological polar surface area (TPSA) is 24.9 Å². The molecule has 1 saturated carbocycles. The highest BCUT2D eigenvalue weighted by Crippen LogP contribution is 2.40. The molecule has 1 aromatic carbocycles. The molecule has 1 fully saturated rings. The first-order chi connectivity index (χ1) is 10.2. The number of benzene rings is 1. The van der Waals surface area contributed by atoms with Gasteiger partial charge in [-0.15, -0.1) is 0 Å². The van der Waals surface area contributed by atoms with Crippen molar-refractivity contribution < 1.29 is 4.39 Å². The minimum atomic E-state index is -0.277. The number of aromatic nitrogens is 1. The summed E-state index contributed by atoms with van der Waals surface area (Å²) in [5.74, 6) is -0.277. The van der Waals surface area contributed by atoms with Gasteiger partial charge in [0.25, 0.3) is 0 Å². The average Bonchev–Trinajstić information content (AvgIpc) is 2.98. The van der Waals surface area contributed by atoms with Crippen molar-refractivity contribution in [3.05, 3.63) is 65.7 Å². The molecule has 0 saturated heterocycles. The molecule has 1 heterocycles. The van der Waals surface area contributed by atoms with Gasteiger partial charge in [0, 0.05) is 17.8 Å². The highest BCUT2D eigenvalue weighted by Gasteiger charge is 2.36. The summed E-state index contributed by atoms with van der Waals surface area (Å²) in [6.07, 6.45) is 7.72. The van der Waals surface area contributed by atoms with E-state index >= 15 is 0 Å². The molecule has 1 atom stereocenters. The lowest BCUT2D eigenvalue weighted by atomic mass is 9.87. The minimum absolute atomic E-state index is 0.00694. The predicted octanol–water partition coefficient (Wildman–Crippen LogP) is 4.34. The summed E-state index contributed by atoms with van der Waals surface area (Å²) >= 11 is 0. The number of hydrogen-bond donors (Lipinski definition) is 1. The van der Waals surface area contributed by atoms with Crippen LogP contribution in [0, 0.1) is 5.82 Å². The van der Waals surface area contributed by atoms with Gasteiger partial charge in [-0.3, -0.25) is 4.98 Å². The fraction of sp³-hybridized carbons (Fsp3) is 0.389. The maximum absolute atomic E-state index is 13.4. The second kappa shape index (κ2) is 5.94. The maximum atomic E-state index is 13.4. The highest BCUT2D eigenvalue weighted by molar-refractivity contribution is 5.27. The first kappa shape index (κ1) is 14.2. The fourth-order valence-electron chi connectivity index (χ4n) is 3.41. The molecule has 0 amide bonds. The SMILES string of the molecule is CC(NC1(c2ccccc2)CCCC1)c1cncc(F)c1. The van der Waals surface area contributed by atoms with E-state index < -0.39 is 0 Å². The van der Waals surface area contributed by atoms with Crippen LogP contribution >= 0.6 is 0 Å². The Balaban J connectivity index is 1.86. The summed E-state index contributed by atoms with van der Waals surface area (Å²) in [6.45, 7) is 2.08. The third-order valence-corrected chi connectivity index (χ3v) is 4.50. The summed E-state index contributed by atoms with van der Waals surface area (Å²) in [5.41, 5.74) is 2.24. The van der Waals surface area contributed by atoms with Crippen molar-refractivity contribution in [1.82, 2.24) is 10.3 Å². The van der Waals surface area contributed by atoms with E-state index in [0.717, 1.165) is 18.4 Å². The molecule has 0 bridgehead atoms. The van der Waals surface area contributed by atoms with Crippen LogP contribution in [0.15, 0.2) is 48.8 Å². The zero-order valence-corrected chi connectivity index (χ0v) is 12.3. The van der Waals surface area contributed by atoms with E-state index in [-0.39, 0.29) is 17.4 Å². The van der Waals surface area contributed by atoms with Gasteiger partial charge in [0.05, 0.1) is 6.20 Å². The summed E-state index contributed by atoms with van der Waals surface area (Å²) in [7, 11) is 0. The van der Waals surface area contributed by atoms with Crippen molar-refractivity contribution >= 4 is 0 Å². The first-order valence-electron chi connectivity index (χ1n) is 7.63. The van der Waals surface area contributed by atoms with Crippen LogP contribution in [-0.2, 0) is 5.54 Å². The molecule has 110 valence electrons. The van der Waals surface area contributed by atoms with E-state index in [1.165, 1.54) is 24.6 Å². The Morgan fingerprint density at radius 1 is 1.14 bits per heavy atom. The van der Waals surface area contributed by atoms with Gasteiger partial charge in [-0.25, -0.2) is 4.39 Å². The smallest absolute Gasteiger partial charge is 0.141 e. The van der Waals surface area contributed by atoms with Gasteiger partial charge < -0.3 is 5.32 Å². The van der Waals surface area contributed by atoms with Crippen LogP contribution in [-0.4, -0.2) is 4.98 Å². The van der Waals surface area contributed by atoms with Crippen LogP contribution in [0.25, 0.3) is 0 Å². The summed E-state index contributed by atoms with van der Waals surface area (Å²) in [6, 6.07) is 12.2. The van der Waals surface area contributed by atoms with Gasteiger partial charge in [0.1, 0.15) is 5.82 Å². The Hall–Kier alpha value is -1.74. The maximum Gasteiger partial charge on any atom is 0.141 e. The fourth-order valence-corrected chi connectivity index (χ4v) is 3.41. The van der Waals surface area contributed by atoms with Crippen LogP contribution < -0.4 is 5.32 Å². The monoisotopic (exact) mass is 284 g/mol. The Kier molecular flexibility index (Phi) is 4.02. The lowest BCUT2D eigenvalue weighted by molar-refractivity contribution is 0.304. The van der Waals surface area contributed by atoms with Gasteiger partial charge >= 0.3 is 0 Å². The predicted molar refractivity (Wildman–Crippen MR) is 82.3 cm³/mol. The zero-order valence-electron chi connectivity index (χ0n) is 12.3. The Morgan fingerprint density at radius 2 is 1.86 bits per heavy atom. The summed E-state index contributed by atoms with van der Waals surface area (Å²) in [4.78, 5) is 3.96. The lowest BCUT2D eigenvalue weighted by Gasteiger charge is -2.34. The number of nitrogens with zero attached hydrogens (tertiary/aromatic N) is 1. The number of rotatable bonds is 4. The average molecular weight is 284 g/mol. The molecule has 3 heteroatoms.